The molecule has 1 heterocycles. The van der Waals surface area contributed by atoms with Crippen molar-refractivity contribution >= 4 is 5.91 Å². The van der Waals surface area contributed by atoms with Crippen LogP contribution in [0.2, 0.25) is 0 Å². The molecule has 2 rings (SSSR count). The van der Waals surface area contributed by atoms with Crippen LogP contribution in [0.25, 0.3) is 0 Å². The lowest BCUT2D eigenvalue weighted by Crippen LogP contribution is -2.44. The van der Waals surface area contributed by atoms with Crippen LogP contribution in [0.4, 0.5) is 0 Å². The van der Waals surface area contributed by atoms with Gasteiger partial charge in [0.2, 0.25) is 5.91 Å². The molecule has 0 radical (unpaired) electrons. The Hall–Kier alpha value is -1.75. The predicted octanol–water partition coefficient (Wildman–Crippen LogP) is 1.23. The molecule has 5 nitrogen and oxygen atoms in total. The summed E-state index contributed by atoms with van der Waals surface area (Å²) in [4.78, 5) is 14.1. The monoisotopic (exact) mass is 278 g/mol. The first-order valence-corrected chi connectivity index (χ1v) is 6.84. The summed E-state index contributed by atoms with van der Waals surface area (Å²) in [5, 5.41) is 18.7. The van der Waals surface area contributed by atoms with E-state index in [9.17, 15) is 15.0 Å². The number of phenols is 2. The van der Waals surface area contributed by atoms with Crippen LogP contribution in [0.1, 0.15) is 25.8 Å². The Balaban J connectivity index is 1.99. The minimum absolute atomic E-state index is 0.0526. The van der Waals surface area contributed by atoms with E-state index in [1.165, 1.54) is 12.1 Å². The van der Waals surface area contributed by atoms with E-state index in [1.54, 1.807) is 6.07 Å². The first-order valence-electron chi connectivity index (χ1n) is 6.84. The Morgan fingerprint density at radius 2 is 2.10 bits per heavy atom. The van der Waals surface area contributed by atoms with Crippen molar-refractivity contribution in [3.05, 3.63) is 23.8 Å². The fourth-order valence-corrected chi connectivity index (χ4v) is 2.57. The van der Waals surface area contributed by atoms with Gasteiger partial charge in [0.1, 0.15) is 0 Å². The first-order chi connectivity index (χ1) is 9.28. The van der Waals surface area contributed by atoms with Gasteiger partial charge in [-0.3, -0.25) is 4.79 Å². The molecule has 1 aliphatic heterocycles. The maximum atomic E-state index is 12.3. The molecule has 4 N–H and O–H groups in total. The lowest BCUT2D eigenvalue weighted by atomic mass is 9.93. The minimum Gasteiger partial charge on any atom is -0.504 e. The average molecular weight is 278 g/mol. The van der Waals surface area contributed by atoms with Crippen LogP contribution in [-0.2, 0) is 11.2 Å². The van der Waals surface area contributed by atoms with Gasteiger partial charge in [-0.05, 0) is 36.0 Å². The number of likely N-dealkylation sites (tertiary alicyclic amines) is 1. The normalized spacial score (nSPS) is 19.1. The number of rotatable bonds is 3. The topological polar surface area (TPSA) is 86.8 Å². The summed E-state index contributed by atoms with van der Waals surface area (Å²) in [7, 11) is 0. The minimum atomic E-state index is -0.618. The predicted molar refractivity (Wildman–Crippen MR) is 76.4 cm³/mol. The Morgan fingerprint density at radius 1 is 1.40 bits per heavy atom. The third kappa shape index (κ3) is 3.22. The van der Waals surface area contributed by atoms with Gasteiger partial charge >= 0.3 is 0 Å². The van der Waals surface area contributed by atoms with Crippen molar-refractivity contribution in [2.24, 2.45) is 11.1 Å². The lowest BCUT2D eigenvalue weighted by Gasteiger charge is -2.23. The molecule has 1 aliphatic rings. The molecule has 0 saturated carbocycles. The summed E-state index contributed by atoms with van der Waals surface area (Å²) < 4.78 is 0. The number of hydrogen-bond acceptors (Lipinski definition) is 4. The SMILES string of the molecule is CC1(C)CCN(C(=O)[C@@H](N)Cc2ccc(O)c(O)c2)C1. The van der Waals surface area contributed by atoms with Crippen LogP contribution in [0, 0.1) is 5.41 Å². The summed E-state index contributed by atoms with van der Waals surface area (Å²) in [5.74, 6) is -0.414. The van der Waals surface area contributed by atoms with Crippen LogP contribution in [-0.4, -0.2) is 40.2 Å². The molecule has 1 fully saturated rings. The molecule has 5 heteroatoms. The molecule has 1 saturated heterocycles. The van der Waals surface area contributed by atoms with Gasteiger partial charge in [-0.15, -0.1) is 0 Å². The number of hydrogen-bond donors (Lipinski definition) is 3. The lowest BCUT2D eigenvalue weighted by molar-refractivity contribution is -0.131. The van der Waals surface area contributed by atoms with E-state index in [4.69, 9.17) is 5.73 Å². The van der Waals surface area contributed by atoms with Gasteiger partial charge < -0.3 is 20.8 Å². The first kappa shape index (κ1) is 14.7. The average Bonchev–Trinajstić information content (AvgIpc) is 2.73. The Kier molecular flexibility index (Phi) is 3.90. The van der Waals surface area contributed by atoms with Crippen molar-refractivity contribution in [1.82, 2.24) is 4.90 Å². The second-order valence-corrected chi connectivity index (χ2v) is 6.31. The van der Waals surface area contributed by atoms with E-state index in [1.807, 2.05) is 4.90 Å². The Labute approximate surface area is 119 Å². The van der Waals surface area contributed by atoms with Gasteiger partial charge in [0.05, 0.1) is 6.04 Å². The van der Waals surface area contributed by atoms with Gasteiger partial charge in [-0.25, -0.2) is 0 Å². The van der Waals surface area contributed by atoms with E-state index in [-0.39, 0.29) is 22.8 Å². The fraction of sp³-hybridized carbons (Fsp3) is 0.533. The number of phenolic OH excluding ortho intramolecular Hbond substituents is 2. The number of benzene rings is 1. The molecule has 1 aromatic carbocycles. The van der Waals surface area contributed by atoms with Crippen molar-refractivity contribution in [2.75, 3.05) is 13.1 Å². The van der Waals surface area contributed by atoms with Crippen molar-refractivity contribution in [3.8, 4) is 11.5 Å². The molecule has 110 valence electrons. The zero-order valence-corrected chi connectivity index (χ0v) is 12.0. The van der Waals surface area contributed by atoms with Crippen molar-refractivity contribution in [2.45, 2.75) is 32.7 Å². The number of aromatic hydroxyl groups is 2. The maximum Gasteiger partial charge on any atom is 0.239 e. The number of amides is 1. The highest BCUT2D eigenvalue weighted by molar-refractivity contribution is 5.82. The molecule has 0 aromatic heterocycles. The zero-order valence-electron chi connectivity index (χ0n) is 12.0. The van der Waals surface area contributed by atoms with Gasteiger partial charge in [0.15, 0.2) is 11.5 Å². The third-order valence-corrected chi connectivity index (χ3v) is 3.80. The van der Waals surface area contributed by atoms with Gasteiger partial charge in [-0.1, -0.05) is 19.9 Å². The Bertz CT molecular complexity index is 514. The van der Waals surface area contributed by atoms with Crippen LogP contribution in [0.5, 0.6) is 11.5 Å². The quantitative estimate of drug-likeness (QED) is 0.726. The summed E-state index contributed by atoms with van der Waals surface area (Å²) in [5.41, 5.74) is 6.87. The molecule has 0 unspecified atom stereocenters. The van der Waals surface area contributed by atoms with Crippen molar-refractivity contribution in [1.29, 1.82) is 0 Å². The van der Waals surface area contributed by atoms with Crippen LogP contribution in [0.15, 0.2) is 18.2 Å². The number of nitrogens with two attached hydrogens (primary N) is 1. The standard InChI is InChI=1S/C15H22N2O3/c1-15(2)5-6-17(9-15)14(20)11(16)7-10-3-4-12(18)13(19)8-10/h3-4,8,11,18-19H,5-7,9,16H2,1-2H3/t11-/m0/s1. The van der Waals surface area contributed by atoms with E-state index in [2.05, 4.69) is 13.8 Å². The molecule has 0 spiro atoms. The maximum absolute atomic E-state index is 12.3. The molecule has 0 aliphatic carbocycles. The Morgan fingerprint density at radius 3 is 2.65 bits per heavy atom. The van der Waals surface area contributed by atoms with Crippen LogP contribution in [0.3, 0.4) is 0 Å². The van der Waals surface area contributed by atoms with E-state index < -0.39 is 6.04 Å². The molecule has 1 amide bonds. The summed E-state index contributed by atoms with van der Waals surface area (Å²) >= 11 is 0. The second-order valence-electron chi connectivity index (χ2n) is 6.31. The summed E-state index contributed by atoms with van der Waals surface area (Å²) in [6.07, 6.45) is 1.34. The number of nitrogens with zero attached hydrogens (tertiary/aromatic N) is 1. The number of carbonyl (C=O) groups excluding carboxylic acids is 1. The van der Waals surface area contributed by atoms with Crippen LogP contribution >= 0.6 is 0 Å². The highest BCUT2D eigenvalue weighted by atomic mass is 16.3. The van der Waals surface area contributed by atoms with Crippen LogP contribution < -0.4 is 5.73 Å². The van der Waals surface area contributed by atoms with Gasteiger partial charge in [-0.2, -0.15) is 0 Å². The summed E-state index contributed by atoms with van der Waals surface area (Å²) in [6.45, 7) is 5.77. The number of carbonyl (C=O) groups is 1. The largest absolute Gasteiger partial charge is 0.504 e. The zero-order chi connectivity index (χ0) is 14.9. The molecular formula is C15H22N2O3. The highest BCUT2D eigenvalue weighted by Crippen LogP contribution is 2.29. The van der Waals surface area contributed by atoms with E-state index in [0.29, 0.717) is 6.42 Å². The third-order valence-electron chi connectivity index (χ3n) is 3.80. The highest BCUT2D eigenvalue weighted by Gasteiger charge is 2.33. The fourth-order valence-electron chi connectivity index (χ4n) is 2.57. The summed E-state index contributed by atoms with van der Waals surface area (Å²) in [6, 6.07) is 3.89. The smallest absolute Gasteiger partial charge is 0.239 e. The van der Waals surface area contributed by atoms with E-state index in [0.717, 1.165) is 25.1 Å². The molecule has 20 heavy (non-hydrogen) atoms. The van der Waals surface area contributed by atoms with Crippen molar-refractivity contribution < 1.29 is 15.0 Å². The van der Waals surface area contributed by atoms with Gasteiger partial charge in [0.25, 0.3) is 0 Å². The van der Waals surface area contributed by atoms with Gasteiger partial charge in [0, 0.05) is 13.1 Å². The second kappa shape index (κ2) is 5.32. The molecule has 1 aromatic rings. The van der Waals surface area contributed by atoms with E-state index >= 15 is 0 Å². The molecular weight excluding hydrogens is 256 g/mol. The molecule has 1 atom stereocenters. The molecule has 0 bridgehead atoms. The van der Waals surface area contributed by atoms with Crippen molar-refractivity contribution in [3.63, 3.8) is 0 Å².